The zero-order valence-corrected chi connectivity index (χ0v) is 20.0. The molecule has 0 fully saturated rings. The number of benzene rings is 3. The summed E-state index contributed by atoms with van der Waals surface area (Å²) in [6, 6.07) is 12.1. The lowest BCUT2D eigenvalue weighted by atomic mass is 10.1. The number of rotatable bonds is 8. The van der Waals surface area contributed by atoms with Crippen molar-refractivity contribution in [2.45, 2.75) is 6.54 Å². The first-order valence-electron chi connectivity index (χ1n) is 9.78. The molecule has 0 aliphatic heterocycles. The van der Waals surface area contributed by atoms with Crippen LogP contribution < -0.4 is 19.1 Å². The van der Waals surface area contributed by atoms with Gasteiger partial charge in [0.25, 0.3) is 5.91 Å². The second kappa shape index (κ2) is 10.3. The second-order valence-electron chi connectivity index (χ2n) is 7.20. The molecule has 0 saturated carbocycles. The van der Waals surface area contributed by atoms with Crippen molar-refractivity contribution >= 4 is 38.9 Å². The molecule has 7 nitrogen and oxygen atoms in total. The molecule has 0 atom stereocenters. The van der Waals surface area contributed by atoms with E-state index in [1.165, 1.54) is 32.4 Å². The molecule has 0 aliphatic carbocycles. The maximum atomic E-state index is 13.6. The topological polar surface area (TPSA) is 84.9 Å². The quantitative estimate of drug-likeness (QED) is 0.468. The lowest BCUT2D eigenvalue weighted by Gasteiger charge is -2.26. The van der Waals surface area contributed by atoms with Gasteiger partial charge in [0.05, 0.1) is 38.3 Å². The minimum atomic E-state index is -3.90. The molecular weight excluding hydrogens is 490 g/mol. The third kappa shape index (κ3) is 5.75. The van der Waals surface area contributed by atoms with Gasteiger partial charge in [0.15, 0.2) is 23.1 Å². The Hall–Kier alpha value is -3.37. The van der Waals surface area contributed by atoms with E-state index < -0.39 is 27.6 Å². The summed E-state index contributed by atoms with van der Waals surface area (Å²) in [5, 5.41) is 2.93. The van der Waals surface area contributed by atoms with Crippen LogP contribution in [0, 0.1) is 11.6 Å². The molecule has 0 saturated heterocycles. The third-order valence-corrected chi connectivity index (χ3v) is 6.21. The Morgan fingerprint density at radius 1 is 0.971 bits per heavy atom. The molecule has 3 aromatic rings. The maximum Gasteiger partial charge on any atom is 0.257 e. The fourth-order valence-corrected chi connectivity index (χ4v) is 4.18. The Bertz CT molecular complexity index is 1320. The Morgan fingerprint density at radius 3 is 2.15 bits per heavy atom. The number of nitrogens with zero attached hydrogens (tertiary/aromatic N) is 1. The molecule has 0 aromatic heterocycles. The molecular formula is C23H21ClF2N2O5S. The van der Waals surface area contributed by atoms with Gasteiger partial charge in [-0.1, -0.05) is 23.7 Å². The van der Waals surface area contributed by atoms with E-state index in [1.54, 1.807) is 24.3 Å². The number of sulfonamides is 1. The summed E-state index contributed by atoms with van der Waals surface area (Å²) in [6.45, 7) is -0.114. The lowest BCUT2D eigenvalue weighted by molar-refractivity contribution is 0.102. The number of anilines is 2. The summed E-state index contributed by atoms with van der Waals surface area (Å²) in [5.74, 6) is -2.64. The summed E-state index contributed by atoms with van der Waals surface area (Å²) >= 11 is 5.93. The van der Waals surface area contributed by atoms with Crippen LogP contribution in [0.2, 0.25) is 5.02 Å². The van der Waals surface area contributed by atoms with Gasteiger partial charge in [-0.05, 0) is 35.9 Å². The molecule has 0 aliphatic rings. The minimum absolute atomic E-state index is 0.00446. The van der Waals surface area contributed by atoms with E-state index in [0.717, 1.165) is 22.7 Å². The number of hydrogen-bond acceptors (Lipinski definition) is 5. The summed E-state index contributed by atoms with van der Waals surface area (Å²) in [5.41, 5.74) is 0.488. The van der Waals surface area contributed by atoms with E-state index in [0.29, 0.717) is 10.6 Å². The highest BCUT2D eigenvalue weighted by Gasteiger charge is 2.27. The third-order valence-electron chi connectivity index (χ3n) is 4.83. The Balaban J connectivity index is 2.13. The van der Waals surface area contributed by atoms with Crippen LogP contribution in [0.3, 0.4) is 0 Å². The van der Waals surface area contributed by atoms with E-state index >= 15 is 0 Å². The zero-order valence-electron chi connectivity index (χ0n) is 18.4. The van der Waals surface area contributed by atoms with E-state index in [9.17, 15) is 22.0 Å². The number of halogens is 3. The molecule has 180 valence electrons. The van der Waals surface area contributed by atoms with Crippen molar-refractivity contribution < 1.29 is 31.5 Å². The lowest BCUT2D eigenvalue weighted by Crippen LogP contribution is -2.31. The maximum absolute atomic E-state index is 13.6. The summed E-state index contributed by atoms with van der Waals surface area (Å²) in [7, 11) is -1.17. The Kier molecular flexibility index (Phi) is 7.63. The number of hydrogen-bond donors (Lipinski definition) is 1. The average molecular weight is 511 g/mol. The molecule has 1 N–H and O–H groups in total. The van der Waals surface area contributed by atoms with Crippen LogP contribution in [0.5, 0.6) is 11.5 Å². The van der Waals surface area contributed by atoms with Crippen molar-refractivity contribution in [2.75, 3.05) is 30.1 Å². The van der Waals surface area contributed by atoms with Crippen molar-refractivity contribution in [3.05, 3.63) is 82.4 Å². The molecule has 11 heteroatoms. The van der Waals surface area contributed by atoms with Gasteiger partial charge in [0.1, 0.15) is 0 Å². The van der Waals surface area contributed by atoms with Crippen molar-refractivity contribution in [1.82, 2.24) is 0 Å². The van der Waals surface area contributed by atoms with Gasteiger partial charge in [-0.3, -0.25) is 9.10 Å². The van der Waals surface area contributed by atoms with Gasteiger partial charge < -0.3 is 14.8 Å². The monoisotopic (exact) mass is 510 g/mol. The van der Waals surface area contributed by atoms with Crippen LogP contribution in [0.25, 0.3) is 0 Å². The van der Waals surface area contributed by atoms with Gasteiger partial charge in [-0.2, -0.15) is 0 Å². The summed E-state index contributed by atoms with van der Waals surface area (Å²) in [4.78, 5) is 13.2. The van der Waals surface area contributed by atoms with Crippen LogP contribution in [0.1, 0.15) is 15.9 Å². The van der Waals surface area contributed by atoms with Crippen molar-refractivity contribution in [1.29, 1.82) is 0 Å². The highest BCUT2D eigenvalue weighted by molar-refractivity contribution is 7.92. The number of methoxy groups -OCH3 is 2. The SMILES string of the molecule is COc1cc(C(=O)Nc2ccc(F)c(F)c2)c(N(Cc2ccc(Cl)cc2)S(C)(=O)=O)cc1OC. The first-order chi connectivity index (χ1) is 16.0. The van der Waals surface area contributed by atoms with Crippen LogP contribution in [0.15, 0.2) is 54.6 Å². The standard InChI is InChI=1S/C23H21ClF2N2O5S/c1-32-21-11-17(23(29)27-16-8-9-18(25)19(26)10-16)20(12-22(21)33-2)28(34(3,30)31)13-14-4-6-15(24)7-5-14/h4-12H,13H2,1-3H3,(H,27,29). The molecule has 0 bridgehead atoms. The number of amides is 1. The van der Waals surface area contributed by atoms with Crippen LogP contribution in [-0.4, -0.2) is 34.8 Å². The van der Waals surface area contributed by atoms with Crippen LogP contribution in [0.4, 0.5) is 20.2 Å². The molecule has 1 amide bonds. The molecule has 3 rings (SSSR count). The predicted octanol–water partition coefficient (Wildman–Crippen LogP) is 4.85. The number of carbonyl (C=O) groups is 1. The van der Waals surface area contributed by atoms with Gasteiger partial charge in [0, 0.05) is 22.8 Å². The van der Waals surface area contributed by atoms with Crippen molar-refractivity contribution in [2.24, 2.45) is 0 Å². The number of carbonyl (C=O) groups excluding carboxylic acids is 1. The highest BCUT2D eigenvalue weighted by atomic mass is 35.5. The normalized spacial score (nSPS) is 11.1. The van der Waals surface area contributed by atoms with Gasteiger partial charge in [-0.25, -0.2) is 17.2 Å². The van der Waals surface area contributed by atoms with Crippen LogP contribution >= 0.6 is 11.6 Å². The fourth-order valence-electron chi connectivity index (χ4n) is 3.17. The van der Waals surface area contributed by atoms with Gasteiger partial charge in [0.2, 0.25) is 10.0 Å². The summed E-state index contributed by atoms with van der Waals surface area (Å²) < 4.78 is 64.0. The van der Waals surface area contributed by atoms with E-state index in [4.69, 9.17) is 21.1 Å². The average Bonchev–Trinajstić information content (AvgIpc) is 2.79. The van der Waals surface area contributed by atoms with Gasteiger partial charge >= 0.3 is 0 Å². The molecule has 3 aromatic carbocycles. The smallest absolute Gasteiger partial charge is 0.257 e. The molecule has 0 spiro atoms. The Morgan fingerprint density at radius 2 is 1.59 bits per heavy atom. The largest absolute Gasteiger partial charge is 0.493 e. The van der Waals surface area contributed by atoms with Crippen molar-refractivity contribution in [3.63, 3.8) is 0 Å². The second-order valence-corrected chi connectivity index (χ2v) is 9.55. The van der Waals surface area contributed by atoms with Crippen LogP contribution in [-0.2, 0) is 16.6 Å². The first kappa shape index (κ1) is 25.3. The molecule has 34 heavy (non-hydrogen) atoms. The number of nitrogens with one attached hydrogen (secondary N) is 1. The van der Waals surface area contributed by atoms with E-state index in [-0.39, 0.29) is 35.0 Å². The van der Waals surface area contributed by atoms with Gasteiger partial charge in [-0.15, -0.1) is 0 Å². The number of ether oxygens (including phenoxy) is 2. The minimum Gasteiger partial charge on any atom is -0.493 e. The first-order valence-corrected chi connectivity index (χ1v) is 12.0. The Labute approximate surface area is 200 Å². The highest BCUT2D eigenvalue weighted by Crippen LogP contribution is 2.37. The molecule has 0 radical (unpaired) electrons. The van der Waals surface area contributed by atoms with E-state index in [2.05, 4.69) is 5.32 Å². The fraction of sp³-hybridized carbons (Fsp3) is 0.174. The predicted molar refractivity (Wildman–Crippen MR) is 126 cm³/mol. The summed E-state index contributed by atoms with van der Waals surface area (Å²) in [6.07, 6.45) is 0.997. The van der Waals surface area contributed by atoms with Crippen molar-refractivity contribution in [3.8, 4) is 11.5 Å². The zero-order chi connectivity index (χ0) is 25.0. The molecule has 0 unspecified atom stereocenters. The van der Waals surface area contributed by atoms with E-state index in [1.807, 2.05) is 0 Å². The molecule has 0 heterocycles.